The number of amides is 1. The van der Waals surface area contributed by atoms with Crippen molar-refractivity contribution in [3.05, 3.63) is 53.6 Å². The SMILES string of the molecule is CN(CC(=O)Nc1cc(F)ccc1F)Cc1ccc2c(c1)OCCO2. The van der Waals surface area contributed by atoms with E-state index in [-0.39, 0.29) is 12.2 Å². The molecule has 1 amide bonds. The highest BCUT2D eigenvalue weighted by Gasteiger charge is 2.14. The minimum absolute atomic E-state index is 0.0321. The van der Waals surface area contributed by atoms with Crippen molar-refractivity contribution in [1.82, 2.24) is 4.90 Å². The number of ether oxygens (including phenoxy) is 2. The van der Waals surface area contributed by atoms with Gasteiger partial charge in [0.2, 0.25) is 5.91 Å². The number of fused-ring (bicyclic) bond motifs is 1. The van der Waals surface area contributed by atoms with Gasteiger partial charge in [0.1, 0.15) is 24.8 Å². The Balaban J connectivity index is 1.57. The molecule has 1 N–H and O–H groups in total. The van der Waals surface area contributed by atoms with Crippen molar-refractivity contribution in [2.24, 2.45) is 0 Å². The van der Waals surface area contributed by atoms with Gasteiger partial charge in [-0.15, -0.1) is 0 Å². The summed E-state index contributed by atoms with van der Waals surface area (Å²) in [5.74, 6) is -0.324. The minimum atomic E-state index is -0.677. The number of rotatable bonds is 5. The van der Waals surface area contributed by atoms with Crippen LogP contribution in [0.4, 0.5) is 14.5 Å². The van der Waals surface area contributed by atoms with Crippen LogP contribution in [0.3, 0.4) is 0 Å². The summed E-state index contributed by atoms with van der Waals surface area (Å²) in [4.78, 5) is 13.8. The molecule has 0 bridgehead atoms. The molecule has 1 aliphatic rings. The number of nitrogens with zero attached hydrogens (tertiary/aromatic N) is 1. The second-order valence-corrected chi connectivity index (χ2v) is 5.82. The van der Waals surface area contributed by atoms with Gasteiger partial charge in [-0.2, -0.15) is 0 Å². The first-order valence-electron chi connectivity index (χ1n) is 7.83. The molecule has 25 heavy (non-hydrogen) atoms. The summed E-state index contributed by atoms with van der Waals surface area (Å²) in [6, 6.07) is 8.53. The lowest BCUT2D eigenvalue weighted by molar-refractivity contribution is -0.117. The number of hydrogen-bond acceptors (Lipinski definition) is 4. The first kappa shape index (κ1) is 17.2. The van der Waals surface area contributed by atoms with Gasteiger partial charge < -0.3 is 14.8 Å². The van der Waals surface area contributed by atoms with E-state index < -0.39 is 17.5 Å². The van der Waals surface area contributed by atoms with Crippen LogP contribution in [0.25, 0.3) is 0 Å². The average Bonchev–Trinajstić information content (AvgIpc) is 2.58. The van der Waals surface area contributed by atoms with E-state index in [1.165, 1.54) is 0 Å². The molecule has 0 atom stereocenters. The maximum absolute atomic E-state index is 13.6. The van der Waals surface area contributed by atoms with Gasteiger partial charge >= 0.3 is 0 Å². The Hall–Kier alpha value is -2.67. The summed E-state index contributed by atoms with van der Waals surface area (Å²) < 4.78 is 37.7. The molecule has 7 heteroatoms. The monoisotopic (exact) mass is 348 g/mol. The average molecular weight is 348 g/mol. The van der Waals surface area contributed by atoms with Gasteiger partial charge in [-0.1, -0.05) is 6.07 Å². The third kappa shape index (κ3) is 4.45. The molecule has 132 valence electrons. The summed E-state index contributed by atoms with van der Waals surface area (Å²) in [7, 11) is 1.76. The maximum atomic E-state index is 13.6. The van der Waals surface area contributed by atoms with Crippen molar-refractivity contribution >= 4 is 11.6 Å². The molecule has 0 aliphatic carbocycles. The molecule has 1 aliphatic heterocycles. The molecular formula is C18H18F2N2O3. The zero-order valence-corrected chi connectivity index (χ0v) is 13.7. The van der Waals surface area contributed by atoms with E-state index in [0.717, 1.165) is 23.8 Å². The number of likely N-dealkylation sites (N-methyl/N-ethyl adjacent to an activating group) is 1. The van der Waals surface area contributed by atoms with Gasteiger partial charge in [0.25, 0.3) is 0 Å². The standard InChI is InChI=1S/C18H18F2N2O3/c1-22(10-12-2-5-16-17(8-12)25-7-6-24-16)11-18(23)21-15-9-13(19)3-4-14(15)20/h2-5,8-9H,6-7,10-11H2,1H3,(H,21,23). The van der Waals surface area contributed by atoms with Crippen molar-refractivity contribution in [2.75, 3.05) is 32.1 Å². The molecule has 0 saturated carbocycles. The van der Waals surface area contributed by atoms with Gasteiger partial charge in [0, 0.05) is 12.6 Å². The smallest absolute Gasteiger partial charge is 0.238 e. The molecular weight excluding hydrogens is 330 g/mol. The highest BCUT2D eigenvalue weighted by molar-refractivity contribution is 5.92. The lowest BCUT2D eigenvalue weighted by Crippen LogP contribution is -2.30. The molecule has 0 unspecified atom stereocenters. The number of benzene rings is 2. The molecule has 3 rings (SSSR count). The number of nitrogens with one attached hydrogen (secondary N) is 1. The van der Waals surface area contributed by atoms with Crippen LogP contribution in [0.15, 0.2) is 36.4 Å². The summed E-state index contributed by atoms with van der Waals surface area (Å²) >= 11 is 0. The number of carbonyl (C=O) groups excluding carboxylic acids is 1. The molecule has 0 saturated heterocycles. The lowest BCUT2D eigenvalue weighted by atomic mass is 10.2. The number of carbonyl (C=O) groups is 1. The molecule has 0 radical (unpaired) electrons. The van der Waals surface area contributed by atoms with Crippen LogP contribution in [0.5, 0.6) is 11.5 Å². The van der Waals surface area contributed by atoms with Crippen molar-refractivity contribution in [2.45, 2.75) is 6.54 Å². The number of anilines is 1. The van der Waals surface area contributed by atoms with Gasteiger partial charge in [0.05, 0.1) is 12.2 Å². The van der Waals surface area contributed by atoms with Crippen molar-refractivity contribution < 1.29 is 23.0 Å². The Labute approximate surface area is 144 Å². The third-order valence-electron chi connectivity index (χ3n) is 3.68. The predicted octanol–water partition coefficient (Wildman–Crippen LogP) is 2.81. The maximum Gasteiger partial charge on any atom is 0.238 e. The fourth-order valence-corrected chi connectivity index (χ4v) is 2.58. The fourth-order valence-electron chi connectivity index (χ4n) is 2.58. The third-order valence-corrected chi connectivity index (χ3v) is 3.68. The minimum Gasteiger partial charge on any atom is -0.486 e. The Bertz CT molecular complexity index is 783. The van der Waals surface area contributed by atoms with Gasteiger partial charge in [-0.25, -0.2) is 8.78 Å². The highest BCUT2D eigenvalue weighted by atomic mass is 19.1. The quantitative estimate of drug-likeness (QED) is 0.903. The first-order valence-corrected chi connectivity index (χ1v) is 7.83. The van der Waals surface area contributed by atoms with Crippen LogP contribution in [0.1, 0.15) is 5.56 Å². The molecule has 2 aromatic carbocycles. The molecule has 0 fully saturated rings. The second kappa shape index (κ2) is 7.48. The number of hydrogen-bond donors (Lipinski definition) is 1. The molecule has 0 aromatic heterocycles. The van der Waals surface area contributed by atoms with Crippen LogP contribution in [0, 0.1) is 11.6 Å². The highest BCUT2D eigenvalue weighted by Crippen LogP contribution is 2.31. The van der Waals surface area contributed by atoms with E-state index in [9.17, 15) is 13.6 Å². The molecule has 5 nitrogen and oxygen atoms in total. The zero-order valence-electron chi connectivity index (χ0n) is 13.7. The molecule has 0 spiro atoms. The Morgan fingerprint density at radius 1 is 1.12 bits per heavy atom. The van der Waals surface area contributed by atoms with Crippen LogP contribution in [-0.2, 0) is 11.3 Å². The van der Waals surface area contributed by atoms with Gasteiger partial charge in [-0.05, 0) is 36.9 Å². The predicted molar refractivity (Wildman–Crippen MR) is 88.8 cm³/mol. The van der Waals surface area contributed by atoms with E-state index in [1.807, 2.05) is 18.2 Å². The van der Waals surface area contributed by atoms with Crippen LogP contribution >= 0.6 is 0 Å². The number of halogens is 2. The fraction of sp³-hybridized carbons (Fsp3) is 0.278. The van der Waals surface area contributed by atoms with E-state index in [1.54, 1.807) is 11.9 Å². The zero-order chi connectivity index (χ0) is 17.8. The summed E-state index contributed by atoms with van der Waals surface area (Å²) in [5.41, 5.74) is 0.786. The summed E-state index contributed by atoms with van der Waals surface area (Å²) in [5, 5.41) is 2.38. The van der Waals surface area contributed by atoms with Gasteiger partial charge in [0.15, 0.2) is 11.5 Å². The van der Waals surface area contributed by atoms with Crippen molar-refractivity contribution in [3.8, 4) is 11.5 Å². The summed E-state index contributed by atoms with van der Waals surface area (Å²) in [6.07, 6.45) is 0. The van der Waals surface area contributed by atoms with Crippen LogP contribution in [-0.4, -0.2) is 37.6 Å². The Kier molecular flexibility index (Phi) is 5.14. The topological polar surface area (TPSA) is 50.8 Å². The summed E-state index contributed by atoms with van der Waals surface area (Å²) in [6.45, 7) is 1.57. The van der Waals surface area contributed by atoms with Crippen molar-refractivity contribution in [1.29, 1.82) is 0 Å². The Morgan fingerprint density at radius 3 is 2.68 bits per heavy atom. The molecule has 1 heterocycles. The van der Waals surface area contributed by atoms with E-state index in [4.69, 9.17) is 9.47 Å². The normalized spacial score (nSPS) is 13.0. The van der Waals surface area contributed by atoms with E-state index >= 15 is 0 Å². The van der Waals surface area contributed by atoms with Crippen LogP contribution < -0.4 is 14.8 Å². The lowest BCUT2D eigenvalue weighted by Gasteiger charge is -2.21. The second-order valence-electron chi connectivity index (χ2n) is 5.82. The first-order chi connectivity index (χ1) is 12.0. The van der Waals surface area contributed by atoms with E-state index in [2.05, 4.69) is 5.32 Å². The largest absolute Gasteiger partial charge is 0.486 e. The Morgan fingerprint density at radius 2 is 1.88 bits per heavy atom. The van der Waals surface area contributed by atoms with E-state index in [0.29, 0.717) is 31.3 Å². The van der Waals surface area contributed by atoms with Crippen molar-refractivity contribution in [3.63, 3.8) is 0 Å². The van der Waals surface area contributed by atoms with Crippen LogP contribution in [0.2, 0.25) is 0 Å². The van der Waals surface area contributed by atoms with Gasteiger partial charge in [-0.3, -0.25) is 9.69 Å². The molecule has 2 aromatic rings.